The van der Waals surface area contributed by atoms with Gasteiger partial charge in [0.2, 0.25) is 5.89 Å². The van der Waals surface area contributed by atoms with Gasteiger partial charge in [0.25, 0.3) is 5.91 Å². The largest absolute Gasteiger partial charge is 0.444 e. The van der Waals surface area contributed by atoms with E-state index in [1.807, 2.05) is 4.90 Å². The molecule has 3 N–H and O–H groups in total. The molecule has 0 radical (unpaired) electrons. The van der Waals surface area contributed by atoms with Crippen molar-refractivity contribution in [2.45, 2.75) is 25.0 Å². The van der Waals surface area contributed by atoms with Gasteiger partial charge in [-0.3, -0.25) is 9.69 Å². The molecule has 0 unspecified atom stereocenters. The number of carbonyl (C=O) groups excluding carboxylic acids is 1. The maximum atomic E-state index is 12.9. The highest BCUT2D eigenvalue weighted by Crippen LogP contribution is 2.24. The quantitative estimate of drug-likeness (QED) is 0.886. The number of β-amino-alcohol motifs (C(OH)–C–C–N with tert-alkyl or cyclic N) is 1. The Morgan fingerprint density at radius 2 is 2.17 bits per heavy atom. The lowest BCUT2D eigenvalue weighted by Gasteiger charge is -2.36. The fourth-order valence-corrected chi connectivity index (χ4v) is 2.79. The van der Waals surface area contributed by atoms with Crippen LogP contribution in [0.3, 0.4) is 0 Å². The number of amides is 1. The van der Waals surface area contributed by atoms with Gasteiger partial charge in [-0.25, -0.2) is 9.37 Å². The van der Waals surface area contributed by atoms with Crippen LogP contribution < -0.4 is 5.73 Å². The number of oxazole rings is 1. The molecule has 6 nitrogen and oxygen atoms in total. The Kier molecular flexibility index (Phi) is 4.14. The monoisotopic (exact) mass is 319 g/mol. The number of likely N-dealkylation sites (tertiary alicyclic amines) is 1. The molecule has 23 heavy (non-hydrogen) atoms. The predicted molar refractivity (Wildman–Crippen MR) is 80.6 cm³/mol. The van der Waals surface area contributed by atoms with Gasteiger partial charge in [0.15, 0.2) is 5.60 Å². The molecule has 1 atom stereocenters. The Bertz CT molecular complexity index is 701. The molecule has 2 aromatic rings. The van der Waals surface area contributed by atoms with Gasteiger partial charge < -0.3 is 15.3 Å². The minimum atomic E-state index is -1.48. The van der Waals surface area contributed by atoms with Crippen LogP contribution in [-0.2, 0) is 11.3 Å². The van der Waals surface area contributed by atoms with Crippen molar-refractivity contribution in [3.8, 4) is 11.5 Å². The van der Waals surface area contributed by atoms with Crippen molar-refractivity contribution in [2.24, 2.45) is 5.73 Å². The first kappa shape index (κ1) is 15.6. The van der Waals surface area contributed by atoms with Crippen molar-refractivity contribution in [3.63, 3.8) is 0 Å². The maximum absolute atomic E-state index is 12.9. The van der Waals surface area contributed by atoms with Gasteiger partial charge in [-0.1, -0.05) is 0 Å². The first-order valence-corrected chi connectivity index (χ1v) is 7.41. The number of nitrogens with two attached hydrogens (primary N) is 1. The number of benzene rings is 1. The van der Waals surface area contributed by atoms with Crippen LogP contribution in [-0.4, -0.2) is 39.6 Å². The number of hydrogen-bond acceptors (Lipinski definition) is 5. The summed E-state index contributed by atoms with van der Waals surface area (Å²) >= 11 is 0. The van der Waals surface area contributed by atoms with E-state index < -0.39 is 11.5 Å². The SMILES string of the molecule is NC(=O)[C@]1(O)CCCN(Cc2coc(-c3ccc(F)cc3)n2)C1. The number of rotatable bonds is 4. The van der Waals surface area contributed by atoms with Crippen molar-refractivity contribution in [1.82, 2.24) is 9.88 Å². The third kappa shape index (κ3) is 3.40. The van der Waals surface area contributed by atoms with E-state index in [1.54, 1.807) is 12.1 Å². The second-order valence-electron chi connectivity index (χ2n) is 5.86. The van der Waals surface area contributed by atoms with Crippen LogP contribution in [0.25, 0.3) is 11.5 Å². The molecule has 1 aromatic heterocycles. The van der Waals surface area contributed by atoms with Gasteiger partial charge in [0.05, 0.1) is 5.69 Å². The summed E-state index contributed by atoms with van der Waals surface area (Å²) in [5, 5.41) is 10.2. The highest BCUT2D eigenvalue weighted by Gasteiger charge is 2.38. The third-order valence-electron chi connectivity index (χ3n) is 4.04. The zero-order valence-electron chi connectivity index (χ0n) is 12.5. The second-order valence-corrected chi connectivity index (χ2v) is 5.86. The molecular weight excluding hydrogens is 301 g/mol. The van der Waals surface area contributed by atoms with Crippen molar-refractivity contribution >= 4 is 5.91 Å². The van der Waals surface area contributed by atoms with E-state index in [4.69, 9.17) is 10.2 Å². The number of primary amides is 1. The summed E-state index contributed by atoms with van der Waals surface area (Å²) in [6, 6.07) is 5.88. The average Bonchev–Trinajstić information content (AvgIpc) is 2.96. The van der Waals surface area contributed by atoms with E-state index in [-0.39, 0.29) is 12.4 Å². The zero-order valence-corrected chi connectivity index (χ0v) is 12.5. The summed E-state index contributed by atoms with van der Waals surface area (Å²) in [6.07, 6.45) is 2.58. The molecule has 1 saturated heterocycles. The Hall–Kier alpha value is -2.25. The molecule has 2 heterocycles. The summed E-state index contributed by atoms with van der Waals surface area (Å²) in [5.74, 6) is -0.615. The minimum Gasteiger partial charge on any atom is -0.444 e. The van der Waals surface area contributed by atoms with E-state index in [9.17, 15) is 14.3 Å². The number of piperidine rings is 1. The Labute approximate surface area is 132 Å². The lowest BCUT2D eigenvalue weighted by Crippen LogP contribution is -2.55. The fraction of sp³-hybridized carbons (Fsp3) is 0.375. The Morgan fingerprint density at radius 3 is 2.87 bits per heavy atom. The number of aromatic nitrogens is 1. The second kappa shape index (κ2) is 6.10. The molecule has 1 aliphatic rings. The third-order valence-corrected chi connectivity index (χ3v) is 4.04. The van der Waals surface area contributed by atoms with Gasteiger partial charge in [-0.05, 0) is 43.7 Å². The van der Waals surface area contributed by atoms with Gasteiger partial charge in [-0.2, -0.15) is 0 Å². The molecule has 3 rings (SSSR count). The highest BCUT2D eigenvalue weighted by atomic mass is 19.1. The van der Waals surface area contributed by atoms with Crippen LogP contribution in [0, 0.1) is 5.82 Å². The van der Waals surface area contributed by atoms with Crippen LogP contribution >= 0.6 is 0 Å². The molecule has 0 spiro atoms. The molecule has 0 saturated carbocycles. The standard InChI is InChI=1S/C16H18FN3O3/c17-12-4-2-11(3-5-12)14-19-13(9-23-14)8-20-7-1-6-16(22,10-20)15(18)21/h2-5,9,22H,1,6-8,10H2,(H2,18,21)/t16-/m0/s1. The summed E-state index contributed by atoms with van der Waals surface area (Å²) in [4.78, 5) is 17.7. The van der Waals surface area contributed by atoms with Crippen molar-refractivity contribution in [3.05, 3.63) is 42.0 Å². The number of carbonyl (C=O) groups is 1. The van der Waals surface area contributed by atoms with Crippen LogP contribution in [0.2, 0.25) is 0 Å². The average molecular weight is 319 g/mol. The normalized spacial score (nSPS) is 22.2. The van der Waals surface area contributed by atoms with Gasteiger partial charge in [0, 0.05) is 18.7 Å². The summed E-state index contributed by atoms with van der Waals surface area (Å²) in [7, 11) is 0. The predicted octanol–water partition coefficient (Wildman–Crippen LogP) is 1.29. The molecule has 1 aromatic carbocycles. The highest BCUT2D eigenvalue weighted by molar-refractivity contribution is 5.83. The van der Waals surface area contributed by atoms with E-state index >= 15 is 0 Å². The van der Waals surface area contributed by atoms with Gasteiger partial charge in [-0.15, -0.1) is 0 Å². The molecule has 122 valence electrons. The minimum absolute atomic E-state index is 0.182. The summed E-state index contributed by atoms with van der Waals surface area (Å²) < 4.78 is 18.4. The Balaban J connectivity index is 1.69. The van der Waals surface area contributed by atoms with Crippen LogP contribution in [0.4, 0.5) is 4.39 Å². The molecule has 0 aliphatic carbocycles. The van der Waals surface area contributed by atoms with Crippen molar-refractivity contribution < 1.29 is 18.7 Å². The summed E-state index contributed by atoms with van der Waals surface area (Å²) in [5.41, 5.74) is 5.15. The van der Waals surface area contributed by atoms with Gasteiger partial charge >= 0.3 is 0 Å². The first-order chi connectivity index (χ1) is 11.0. The molecule has 1 amide bonds. The van der Waals surface area contributed by atoms with E-state index in [2.05, 4.69) is 4.98 Å². The first-order valence-electron chi connectivity index (χ1n) is 7.41. The molecule has 0 bridgehead atoms. The summed E-state index contributed by atoms with van der Waals surface area (Å²) in [6.45, 7) is 1.37. The number of halogens is 1. The molecule has 1 aliphatic heterocycles. The van der Waals surface area contributed by atoms with Crippen molar-refractivity contribution in [2.75, 3.05) is 13.1 Å². The van der Waals surface area contributed by atoms with E-state index in [1.165, 1.54) is 18.4 Å². The number of aliphatic hydroxyl groups is 1. The van der Waals surface area contributed by atoms with Crippen LogP contribution in [0.1, 0.15) is 18.5 Å². The lowest BCUT2D eigenvalue weighted by molar-refractivity contribution is -0.142. The van der Waals surface area contributed by atoms with Crippen LogP contribution in [0.15, 0.2) is 34.9 Å². The fourth-order valence-electron chi connectivity index (χ4n) is 2.79. The molecular formula is C16H18FN3O3. The van der Waals surface area contributed by atoms with Crippen LogP contribution in [0.5, 0.6) is 0 Å². The zero-order chi connectivity index (χ0) is 16.4. The van der Waals surface area contributed by atoms with Gasteiger partial charge in [0.1, 0.15) is 12.1 Å². The lowest BCUT2D eigenvalue weighted by atomic mass is 9.92. The molecule has 7 heteroatoms. The topological polar surface area (TPSA) is 92.6 Å². The smallest absolute Gasteiger partial charge is 0.250 e. The van der Waals surface area contributed by atoms with E-state index in [0.29, 0.717) is 36.5 Å². The van der Waals surface area contributed by atoms with E-state index in [0.717, 1.165) is 6.54 Å². The maximum Gasteiger partial charge on any atom is 0.250 e. The number of nitrogens with zero attached hydrogens (tertiary/aromatic N) is 2. The Morgan fingerprint density at radius 1 is 1.43 bits per heavy atom. The van der Waals surface area contributed by atoms with Crippen molar-refractivity contribution in [1.29, 1.82) is 0 Å². The number of hydrogen-bond donors (Lipinski definition) is 2. The molecule has 1 fully saturated rings.